The van der Waals surface area contributed by atoms with Gasteiger partial charge in [0.1, 0.15) is 5.60 Å². The number of rotatable bonds is 6. The molecule has 1 aliphatic rings. The minimum atomic E-state index is -0.555. The van der Waals surface area contributed by atoms with Crippen molar-refractivity contribution in [1.82, 2.24) is 19.8 Å². The summed E-state index contributed by atoms with van der Waals surface area (Å²) >= 11 is 0. The lowest BCUT2D eigenvalue weighted by Gasteiger charge is -2.28. The third-order valence-corrected chi connectivity index (χ3v) is 6.09. The number of aromatic nitrogens is 2. The van der Waals surface area contributed by atoms with Gasteiger partial charge in [0.15, 0.2) is 0 Å². The molecule has 0 saturated carbocycles. The Bertz CT molecular complexity index is 1320. The molecule has 2 heterocycles. The molecule has 0 bridgehead atoms. The quantitative estimate of drug-likeness (QED) is 0.551. The van der Waals surface area contributed by atoms with Crippen molar-refractivity contribution in [1.29, 1.82) is 0 Å². The fourth-order valence-electron chi connectivity index (χ4n) is 4.49. The Morgan fingerprint density at radius 3 is 2.42 bits per heavy atom. The van der Waals surface area contributed by atoms with Crippen LogP contribution in [0.4, 0.5) is 4.79 Å². The fraction of sp³-hybridized carbons (Fsp3) is 0.393. The first-order valence-corrected chi connectivity index (χ1v) is 12.3. The zero-order valence-electron chi connectivity index (χ0n) is 21.3. The smallest absolute Gasteiger partial charge is 0.407 e. The number of ether oxygens (including phenoxy) is 1. The van der Waals surface area contributed by atoms with Crippen LogP contribution >= 0.6 is 0 Å². The van der Waals surface area contributed by atoms with Crippen LogP contribution in [0.5, 0.6) is 0 Å². The lowest BCUT2D eigenvalue weighted by atomic mass is 10.0. The van der Waals surface area contributed by atoms with Crippen molar-refractivity contribution in [3.63, 3.8) is 0 Å². The maximum Gasteiger partial charge on any atom is 0.407 e. The van der Waals surface area contributed by atoms with E-state index in [4.69, 9.17) is 4.74 Å². The van der Waals surface area contributed by atoms with E-state index in [1.165, 1.54) is 10.1 Å². The highest BCUT2D eigenvalue weighted by Gasteiger charge is 2.23. The molecule has 0 radical (unpaired) electrons. The average molecular weight is 491 g/mol. The molecule has 1 amide bonds. The molecule has 4 rings (SSSR count). The van der Waals surface area contributed by atoms with E-state index in [1.54, 1.807) is 12.1 Å². The monoisotopic (exact) mass is 490 g/mol. The van der Waals surface area contributed by atoms with E-state index in [2.05, 4.69) is 27.3 Å². The molecular formula is C28H34N4O4. The van der Waals surface area contributed by atoms with Crippen LogP contribution in [-0.2, 0) is 30.7 Å². The standard InChI is InChI=1S/C28H34N4O4/c1-19(29-27(35)36-28(2,3)4)16-20-10-12-22(13-11-20)32-25(33)23-14-15-31(18-24(23)30-26(32)34)17-21-8-6-5-7-9-21/h5-13,19H,14-18H2,1-4H3,(H,29,35)(H,30,34). The predicted octanol–water partition coefficient (Wildman–Crippen LogP) is 3.54. The third-order valence-electron chi connectivity index (χ3n) is 6.09. The molecule has 36 heavy (non-hydrogen) atoms. The lowest BCUT2D eigenvalue weighted by Crippen LogP contribution is -2.42. The van der Waals surface area contributed by atoms with E-state index in [-0.39, 0.29) is 11.6 Å². The molecule has 1 atom stereocenters. The van der Waals surface area contributed by atoms with Gasteiger partial charge in [0.05, 0.1) is 5.69 Å². The largest absolute Gasteiger partial charge is 0.444 e. The van der Waals surface area contributed by atoms with Gasteiger partial charge in [-0.25, -0.2) is 14.2 Å². The number of nitrogens with one attached hydrogen (secondary N) is 2. The van der Waals surface area contributed by atoms with Crippen molar-refractivity contribution in [2.75, 3.05) is 6.54 Å². The van der Waals surface area contributed by atoms with Crippen LogP contribution in [0.3, 0.4) is 0 Å². The molecule has 0 fully saturated rings. The Morgan fingerprint density at radius 2 is 1.75 bits per heavy atom. The topological polar surface area (TPSA) is 96.4 Å². The molecule has 1 aromatic heterocycles. The van der Waals surface area contributed by atoms with Gasteiger partial charge in [0.2, 0.25) is 0 Å². The second kappa shape index (κ2) is 10.5. The van der Waals surface area contributed by atoms with Crippen LogP contribution in [0, 0.1) is 0 Å². The summed E-state index contributed by atoms with van der Waals surface area (Å²) in [6, 6.07) is 17.3. The second-order valence-corrected chi connectivity index (χ2v) is 10.4. The van der Waals surface area contributed by atoms with Crippen molar-refractivity contribution in [2.24, 2.45) is 0 Å². The molecule has 0 aliphatic carbocycles. The van der Waals surface area contributed by atoms with E-state index in [9.17, 15) is 14.4 Å². The van der Waals surface area contributed by atoms with Gasteiger partial charge >= 0.3 is 11.8 Å². The number of hydrogen-bond acceptors (Lipinski definition) is 5. The molecule has 0 spiro atoms. The van der Waals surface area contributed by atoms with E-state index >= 15 is 0 Å². The summed E-state index contributed by atoms with van der Waals surface area (Å²) in [5.41, 5.74) is 2.80. The second-order valence-electron chi connectivity index (χ2n) is 10.4. The summed E-state index contributed by atoms with van der Waals surface area (Å²) in [4.78, 5) is 43.3. The summed E-state index contributed by atoms with van der Waals surface area (Å²) in [5, 5.41) is 2.83. The van der Waals surface area contributed by atoms with Gasteiger partial charge in [-0.2, -0.15) is 0 Å². The number of carbonyl (C=O) groups excluding carboxylic acids is 1. The van der Waals surface area contributed by atoms with E-state index < -0.39 is 17.4 Å². The Hall–Kier alpha value is -3.65. The van der Waals surface area contributed by atoms with Crippen molar-refractivity contribution in [3.8, 4) is 5.69 Å². The van der Waals surface area contributed by atoms with Crippen molar-refractivity contribution in [3.05, 3.63) is 97.8 Å². The van der Waals surface area contributed by atoms with Gasteiger partial charge in [-0.15, -0.1) is 0 Å². The first-order valence-electron chi connectivity index (χ1n) is 12.3. The Morgan fingerprint density at radius 1 is 1.06 bits per heavy atom. The minimum Gasteiger partial charge on any atom is -0.444 e. The highest BCUT2D eigenvalue weighted by molar-refractivity contribution is 5.68. The number of amides is 1. The first-order chi connectivity index (χ1) is 17.1. The number of H-pyrrole nitrogens is 1. The molecule has 2 aromatic carbocycles. The fourth-order valence-corrected chi connectivity index (χ4v) is 4.49. The molecule has 0 saturated heterocycles. The Kier molecular flexibility index (Phi) is 7.45. The lowest BCUT2D eigenvalue weighted by molar-refractivity contribution is 0.0508. The highest BCUT2D eigenvalue weighted by Crippen LogP contribution is 2.17. The van der Waals surface area contributed by atoms with Crippen molar-refractivity contribution >= 4 is 6.09 Å². The van der Waals surface area contributed by atoms with Gasteiger partial charge in [0, 0.05) is 36.9 Å². The molecule has 190 valence electrons. The zero-order chi connectivity index (χ0) is 25.9. The van der Waals surface area contributed by atoms with Gasteiger partial charge < -0.3 is 15.0 Å². The molecule has 8 nitrogen and oxygen atoms in total. The van der Waals surface area contributed by atoms with E-state index in [0.29, 0.717) is 36.3 Å². The SMILES string of the molecule is CC(Cc1ccc(-n2c(=O)[nH]c3c(c2=O)CCN(Cc2ccccc2)C3)cc1)NC(=O)OC(C)(C)C. The van der Waals surface area contributed by atoms with Gasteiger partial charge in [-0.3, -0.25) is 9.69 Å². The van der Waals surface area contributed by atoms with Gasteiger partial charge in [0.25, 0.3) is 5.56 Å². The average Bonchev–Trinajstić information content (AvgIpc) is 2.79. The van der Waals surface area contributed by atoms with Crippen molar-refractivity contribution in [2.45, 2.75) is 65.3 Å². The normalized spacial score (nSPS) is 14.7. The summed E-state index contributed by atoms with van der Waals surface area (Å²) in [6.07, 6.45) is 0.719. The number of nitrogens with zero attached hydrogens (tertiary/aromatic N) is 2. The summed E-state index contributed by atoms with van der Waals surface area (Å²) in [5.74, 6) is 0. The van der Waals surface area contributed by atoms with Gasteiger partial charge in [-0.1, -0.05) is 42.5 Å². The number of aromatic amines is 1. The number of fused-ring (bicyclic) bond motifs is 1. The molecule has 1 aliphatic heterocycles. The third kappa shape index (κ3) is 6.31. The highest BCUT2D eigenvalue weighted by atomic mass is 16.6. The molecular weight excluding hydrogens is 456 g/mol. The minimum absolute atomic E-state index is 0.139. The van der Waals surface area contributed by atoms with Crippen LogP contribution in [0.15, 0.2) is 64.2 Å². The summed E-state index contributed by atoms with van der Waals surface area (Å²) in [7, 11) is 0. The maximum atomic E-state index is 13.3. The molecule has 2 N–H and O–H groups in total. The summed E-state index contributed by atoms with van der Waals surface area (Å²) < 4.78 is 6.51. The zero-order valence-corrected chi connectivity index (χ0v) is 21.3. The summed E-state index contributed by atoms with van der Waals surface area (Å²) in [6.45, 7) is 9.43. The number of hydrogen-bond donors (Lipinski definition) is 2. The van der Waals surface area contributed by atoms with E-state index in [1.807, 2.05) is 58.0 Å². The van der Waals surface area contributed by atoms with Gasteiger partial charge in [-0.05, 0) is 63.8 Å². The van der Waals surface area contributed by atoms with Crippen LogP contribution in [0.2, 0.25) is 0 Å². The molecule has 3 aromatic rings. The van der Waals surface area contributed by atoms with Crippen LogP contribution in [0.25, 0.3) is 5.69 Å². The predicted molar refractivity (Wildman–Crippen MR) is 139 cm³/mol. The van der Waals surface area contributed by atoms with Crippen LogP contribution in [0.1, 0.15) is 50.1 Å². The molecule has 8 heteroatoms. The number of alkyl carbamates (subject to hydrolysis) is 1. The van der Waals surface area contributed by atoms with Crippen LogP contribution in [-0.4, -0.2) is 38.7 Å². The first kappa shape index (κ1) is 25.4. The Balaban J connectivity index is 1.45. The van der Waals surface area contributed by atoms with Crippen molar-refractivity contribution < 1.29 is 9.53 Å². The molecule has 1 unspecified atom stereocenters. The maximum absolute atomic E-state index is 13.3. The Labute approximate surface area is 210 Å². The number of carbonyl (C=O) groups is 1. The number of benzene rings is 2. The van der Waals surface area contributed by atoms with E-state index in [0.717, 1.165) is 18.7 Å². The van der Waals surface area contributed by atoms with Crippen LogP contribution < -0.4 is 16.6 Å².